The van der Waals surface area contributed by atoms with Gasteiger partial charge in [-0.2, -0.15) is 0 Å². The van der Waals surface area contributed by atoms with Gasteiger partial charge in [0, 0.05) is 21.6 Å². The van der Waals surface area contributed by atoms with Crippen LogP contribution in [0.5, 0.6) is 0 Å². The monoisotopic (exact) mass is 484 g/mol. The van der Waals surface area contributed by atoms with Crippen LogP contribution in [-0.2, 0) is 5.41 Å². The summed E-state index contributed by atoms with van der Waals surface area (Å²) in [4.78, 5) is 0. The van der Waals surface area contributed by atoms with Gasteiger partial charge < -0.3 is 4.42 Å². The Morgan fingerprint density at radius 2 is 1.16 bits per heavy atom. The minimum Gasteiger partial charge on any atom is -0.455 e. The molecule has 0 atom stereocenters. The first-order valence-electron chi connectivity index (χ1n) is 13.4. The van der Waals surface area contributed by atoms with Gasteiger partial charge in [0.15, 0.2) is 0 Å². The van der Waals surface area contributed by atoms with Crippen molar-refractivity contribution in [3.63, 3.8) is 0 Å². The van der Waals surface area contributed by atoms with E-state index in [9.17, 15) is 0 Å². The second-order valence-corrected chi connectivity index (χ2v) is 11.3. The van der Waals surface area contributed by atoms with Crippen molar-refractivity contribution in [1.82, 2.24) is 0 Å². The van der Waals surface area contributed by atoms with Gasteiger partial charge in [-0.1, -0.05) is 105 Å². The summed E-state index contributed by atoms with van der Waals surface area (Å²) in [5, 5.41) is 12.8. The SMILES string of the molecule is CC1(C)c2cccc3ccc4c(-c5cccc6oc7c8ccccc8ccc7c56)cc5cccc1c5c4c23. The summed E-state index contributed by atoms with van der Waals surface area (Å²) in [6.45, 7) is 4.74. The van der Waals surface area contributed by atoms with Gasteiger partial charge in [0.25, 0.3) is 0 Å². The fraction of sp³-hybridized carbons (Fsp3) is 0.0811. The Balaban J connectivity index is 1.50. The lowest BCUT2D eigenvalue weighted by atomic mass is 9.69. The number of hydrogen-bond donors (Lipinski definition) is 0. The summed E-state index contributed by atoms with van der Waals surface area (Å²) >= 11 is 0. The molecular formula is C37H24O. The van der Waals surface area contributed by atoms with Crippen molar-refractivity contribution in [1.29, 1.82) is 0 Å². The highest BCUT2D eigenvalue weighted by atomic mass is 16.3. The van der Waals surface area contributed by atoms with Crippen LogP contribution in [-0.4, -0.2) is 0 Å². The average Bonchev–Trinajstić information content (AvgIpc) is 3.35. The van der Waals surface area contributed by atoms with Crippen LogP contribution in [0.25, 0.3) is 76.2 Å². The molecule has 0 N–H and O–H groups in total. The molecule has 1 aliphatic carbocycles. The molecule has 0 spiro atoms. The first kappa shape index (κ1) is 20.4. The predicted molar refractivity (Wildman–Crippen MR) is 161 cm³/mol. The summed E-state index contributed by atoms with van der Waals surface area (Å²) in [5.74, 6) is 0. The third-order valence-corrected chi connectivity index (χ3v) is 9.01. The van der Waals surface area contributed by atoms with Crippen molar-refractivity contribution in [2.75, 3.05) is 0 Å². The smallest absolute Gasteiger partial charge is 0.143 e. The normalized spacial score (nSPS) is 14.3. The van der Waals surface area contributed by atoms with Crippen LogP contribution in [0.3, 0.4) is 0 Å². The fourth-order valence-electron chi connectivity index (χ4n) is 7.25. The fourth-order valence-corrected chi connectivity index (χ4v) is 7.25. The van der Waals surface area contributed by atoms with Crippen molar-refractivity contribution >= 4 is 65.0 Å². The summed E-state index contributed by atoms with van der Waals surface area (Å²) in [7, 11) is 0. The molecule has 38 heavy (non-hydrogen) atoms. The van der Waals surface area contributed by atoms with Crippen LogP contribution >= 0.6 is 0 Å². The quantitative estimate of drug-likeness (QED) is 0.211. The second kappa shape index (κ2) is 6.82. The molecule has 0 saturated carbocycles. The van der Waals surface area contributed by atoms with Crippen LogP contribution in [0, 0.1) is 0 Å². The number of hydrogen-bond acceptors (Lipinski definition) is 1. The van der Waals surface area contributed by atoms with Gasteiger partial charge in [-0.15, -0.1) is 0 Å². The molecule has 1 heteroatoms. The Hall–Kier alpha value is -4.62. The molecule has 1 heterocycles. The van der Waals surface area contributed by atoms with E-state index in [-0.39, 0.29) is 5.41 Å². The first-order valence-corrected chi connectivity index (χ1v) is 13.4. The molecule has 1 nitrogen and oxygen atoms in total. The van der Waals surface area contributed by atoms with Crippen LogP contribution < -0.4 is 0 Å². The topological polar surface area (TPSA) is 13.1 Å². The number of furan rings is 1. The molecule has 0 amide bonds. The Kier molecular flexibility index (Phi) is 3.67. The summed E-state index contributed by atoms with van der Waals surface area (Å²) in [5.41, 5.74) is 7.17. The molecule has 1 aromatic heterocycles. The molecule has 0 aliphatic heterocycles. The van der Waals surface area contributed by atoms with Crippen molar-refractivity contribution in [3.05, 3.63) is 120 Å². The highest BCUT2D eigenvalue weighted by Crippen LogP contribution is 2.51. The van der Waals surface area contributed by atoms with Gasteiger partial charge in [0.2, 0.25) is 0 Å². The Morgan fingerprint density at radius 1 is 0.474 bits per heavy atom. The Labute approximate surface area is 219 Å². The van der Waals surface area contributed by atoms with Gasteiger partial charge in [-0.05, 0) is 78.2 Å². The van der Waals surface area contributed by atoms with E-state index in [0.29, 0.717) is 0 Å². The number of rotatable bonds is 1. The second-order valence-electron chi connectivity index (χ2n) is 11.3. The van der Waals surface area contributed by atoms with Gasteiger partial charge in [-0.3, -0.25) is 0 Å². The Bertz CT molecular complexity index is 2290. The van der Waals surface area contributed by atoms with Crippen molar-refractivity contribution < 1.29 is 4.42 Å². The van der Waals surface area contributed by atoms with E-state index in [4.69, 9.17) is 4.42 Å². The lowest BCUT2D eigenvalue weighted by Gasteiger charge is -2.34. The molecule has 0 saturated heterocycles. The van der Waals surface area contributed by atoms with Crippen molar-refractivity contribution in [3.8, 4) is 11.1 Å². The van der Waals surface area contributed by atoms with E-state index < -0.39 is 0 Å². The zero-order chi connectivity index (χ0) is 25.2. The lowest BCUT2D eigenvalue weighted by Crippen LogP contribution is -2.22. The van der Waals surface area contributed by atoms with Gasteiger partial charge in [0.05, 0.1) is 0 Å². The van der Waals surface area contributed by atoms with E-state index in [1.54, 1.807) is 0 Å². The highest BCUT2D eigenvalue weighted by Gasteiger charge is 2.33. The van der Waals surface area contributed by atoms with Crippen molar-refractivity contribution in [2.45, 2.75) is 19.3 Å². The van der Waals surface area contributed by atoms with E-state index in [1.807, 2.05) is 0 Å². The molecule has 0 unspecified atom stereocenters. The average molecular weight is 485 g/mol. The maximum absolute atomic E-state index is 6.55. The van der Waals surface area contributed by atoms with Crippen LogP contribution in [0.15, 0.2) is 114 Å². The van der Waals surface area contributed by atoms with E-state index >= 15 is 0 Å². The minimum atomic E-state index is -0.0519. The molecule has 1 aliphatic rings. The van der Waals surface area contributed by atoms with E-state index in [0.717, 1.165) is 16.6 Å². The third-order valence-electron chi connectivity index (χ3n) is 9.01. The molecule has 7 aromatic carbocycles. The zero-order valence-corrected chi connectivity index (χ0v) is 21.3. The molecule has 8 aromatic rings. The minimum absolute atomic E-state index is 0.0519. The number of fused-ring (bicyclic) bond motifs is 5. The summed E-state index contributed by atoms with van der Waals surface area (Å²) in [6.07, 6.45) is 0. The van der Waals surface area contributed by atoms with E-state index in [1.165, 1.54) is 70.7 Å². The maximum Gasteiger partial charge on any atom is 0.143 e. The lowest BCUT2D eigenvalue weighted by molar-refractivity contribution is 0.652. The molecule has 9 rings (SSSR count). The predicted octanol–water partition coefficient (Wildman–Crippen LogP) is 10.5. The van der Waals surface area contributed by atoms with Crippen LogP contribution in [0.4, 0.5) is 0 Å². The molecule has 178 valence electrons. The highest BCUT2D eigenvalue weighted by molar-refractivity contribution is 6.29. The third kappa shape index (κ3) is 2.38. The van der Waals surface area contributed by atoms with Gasteiger partial charge in [0.1, 0.15) is 11.2 Å². The molecule has 0 fully saturated rings. The van der Waals surface area contributed by atoms with Gasteiger partial charge >= 0.3 is 0 Å². The number of benzene rings is 7. The molecular weight excluding hydrogens is 460 g/mol. The zero-order valence-electron chi connectivity index (χ0n) is 21.3. The van der Waals surface area contributed by atoms with E-state index in [2.05, 4.69) is 123 Å². The maximum atomic E-state index is 6.55. The van der Waals surface area contributed by atoms with Gasteiger partial charge in [-0.25, -0.2) is 0 Å². The Morgan fingerprint density at radius 3 is 2.03 bits per heavy atom. The van der Waals surface area contributed by atoms with Crippen LogP contribution in [0.1, 0.15) is 25.0 Å². The largest absolute Gasteiger partial charge is 0.455 e. The summed E-state index contributed by atoms with van der Waals surface area (Å²) in [6, 6.07) is 40.1. The molecule has 0 radical (unpaired) electrons. The summed E-state index contributed by atoms with van der Waals surface area (Å²) < 4.78 is 6.55. The standard InChI is InChI=1S/C37H24O/c1-37(2)29-13-5-9-22-17-18-26-28(20-23-10-6-14-30(37)33(23)35(26)32(22)29)25-12-7-15-31-34(25)27-19-16-21-8-3-4-11-24(21)36(27)38-31/h3-20H,1-2H3. The van der Waals surface area contributed by atoms with Crippen molar-refractivity contribution in [2.24, 2.45) is 0 Å². The first-order chi connectivity index (χ1) is 18.6. The molecule has 0 bridgehead atoms. The van der Waals surface area contributed by atoms with Crippen LogP contribution in [0.2, 0.25) is 0 Å².